The molecule has 0 aliphatic heterocycles. The molecule has 0 radical (unpaired) electrons. The van der Waals surface area contributed by atoms with Gasteiger partial charge < -0.3 is 19.9 Å². The minimum absolute atomic E-state index is 0.0261. The number of para-hydroxylation sites is 1. The average Bonchev–Trinajstić information content (AvgIpc) is 3.60. The number of nitrogens with one attached hydrogen (secondary N) is 2. The molecular weight excluding hydrogens is 456 g/mol. The van der Waals surface area contributed by atoms with Gasteiger partial charge in [-0.3, -0.25) is 9.59 Å². The number of nitrogens with zero attached hydrogens (tertiary/aromatic N) is 6. The maximum atomic E-state index is 12.7. The summed E-state index contributed by atoms with van der Waals surface area (Å²) in [4.78, 5) is 31.4. The molecule has 178 valence electrons. The number of aromatic nitrogens is 5. The monoisotopic (exact) mass is 482 g/mol. The number of thioether (sulfide) groups is 1. The molecule has 3 aromatic rings. The van der Waals surface area contributed by atoms with Crippen LogP contribution in [0.25, 0.3) is 11.4 Å². The number of pyridine rings is 1. The number of tetrazole rings is 1. The highest BCUT2D eigenvalue weighted by Crippen LogP contribution is 2.36. The molecule has 1 aliphatic carbocycles. The molecule has 0 unspecified atom stereocenters. The number of hydrogen-bond acceptors (Lipinski definition) is 8. The predicted molar refractivity (Wildman–Crippen MR) is 129 cm³/mol. The second kappa shape index (κ2) is 10.1. The van der Waals surface area contributed by atoms with Gasteiger partial charge in [-0.15, -0.1) is 22.0 Å². The maximum absolute atomic E-state index is 12.7. The van der Waals surface area contributed by atoms with Crippen molar-refractivity contribution < 1.29 is 14.3 Å². The third-order valence-electron chi connectivity index (χ3n) is 5.27. The molecule has 1 aliphatic rings. The van der Waals surface area contributed by atoms with Crippen molar-refractivity contribution in [3.63, 3.8) is 0 Å². The first-order valence-electron chi connectivity index (χ1n) is 10.7. The van der Waals surface area contributed by atoms with Crippen molar-refractivity contribution in [1.29, 1.82) is 0 Å². The zero-order chi connectivity index (χ0) is 24.2. The molecule has 0 saturated heterocycles. The number of carbonyl (C=O) groups excluding carboxylic acids is 2. The van der Waals surface area contributed by atoms with Crippen molar-refractivity contribution in [2.45, 2.75) is 18.7 Å². The third kappa shape index (κ3) is 4.96. The molecule has 2 amide bonds. The minimum atomic E-state index is -0.292. The van der Waals surface area contributed by atoms with E-state index in [4.69, 9.17) is 9.73 Å². The van der Waals surface area contributed by atoms with Gasteiger partial charge in [-0.2, -0.15) is 4.80 Å². The van der Waals surface area contributed by atoms with Crippen LogP contribution in [0.4, 0.5) is 11.5 Å². The van der Waals surface area contributed by atoms with Gasteiger partial charge in [0.15, 0.2) is 5.75 Å². The Morgan fingerprint density at radius 1 is 1.32 bits per heavy atom. The summed E-state index contributed by atoms with van der Waals surface area (Å²) in [6, 6.07) is 7.11. The normalized spacial score (nSPS) is 13.6. The standard InChI is InChI=1S/C22H26N8O3S/c1-23-22(32)15-11-30(12-34-4)18(25-21(31)13-8-9-13)10-17(15)24-16-7-5-6-14(19(16)33-3)20-26-28-29(2)27-20/h5-7,10-11,13H,8-9,12H2,1-4H3,(H,23,32)(H,25,31). The lowest BCUT2D eigenvalue weighted by Crippen LogP contribution is -2.29. The Labute approximate surface area is 200 Å². The molecule has 11 nitrogen and oxygen atoms in total. The van der Waals surface area contributed by atoms with Gasteiger partial charge in [0.25, 0.3) is 5.91 Å². The second-order valence-electron chi connectivity index (χ2n) is 7.76. The highest BCUT2D eigenvalue weighted by atomic mass is 32.2. The fourth-order valence-electron chi connectivity index (χ4n) is 3.44. The van der Waals surface area contributed by atoms with Crippen LogP contribution in [0, 0.1) is 5.92 Å². The molecular formula is C22H26N8O3S. The lowest BCUT2D eigenvalue weighted by atomic mass is 10.1. The zero-order valence-corrected chi connectivity index (χ0v) is 20.2. The summed E-state index contributed by atoms with van der Waals surface area (Å²) in [6.07, 6.45) is 5.44. The molecule has 0 spiro atoms. The number of rotatable bonds is 8. The summed E-state index contributed by atoms with van der Waals surface area (Å²) in [5.74, 6) is 1.69. The largest absolute Gasteiger partial charge is 0.494 e. The van der Waals surface area contributed by atoms with Crippen molar-refractivity contribution >= 4 is 35.1 Å². The van der Waals surface area contributed by atoms with Crippen LogP contribution in [-0.2, 0) is 17.7 Å². The topological polar surface area (TPSA) is 128 Å². The summed E-state index contributed by atoms with van der Waals surface area (Å²) in [6.45, 7) is 0. The quantitative estimate of drug-likeness (QED) is 0.502. The first kappa shape index (κ1) is 23.5. The van der Waals surface area contributed by atoms with Crippen LogP contribution < -0.4 is 20.7 Å². The second-order valence-corrected chi connectivity index (χ2v) is 8.60. The number of methoxy groups -OCH3 is 1. The number of ether oxygens (including phenoxy) is 1. The van der Waals surface area contributed by atoms with Crippen LogP contribution >= 0.6 is 11.8 Å². The van der Waals surface area contributed by atoms with E-state index in [1.165, 1.54) is 11.9 Å². The smallest absolute Gasteiger partial charge is 0.254 e. The summed E-state index contributed by atoms with van der Waals surface area (Å²) in [5, 5.41) is 18.3. The Bertz CT molecular complexity index is 1300. The molecule has 1 saturated carbocycles. The van der Waals surface area contributed by atoms with Gasteiger partial charge in [-0.1, -0.05) is 6.07 Å². The summed E-state index contributed by atoms with van der Waals surface area (Å²) in [7, 11) is 4.78. The van der Waals surface area contributed by atoms with Gasteiger partial charge in [0.05, 0.1) is 36.5 Å². The van der Waals surface area contributed by atoms with Crippen molar-refractivity contribution in [3.05, 3.63) is 41.4 Å². The fraction of sp³-hybridized carbons (Fsp3) is 0.364. The van der Waals surface area contributed by atoms with Crippen LogP contribution in [0.5, 0.6) is 5.75 Å². The average molecular weight is 483 g/mol. The molecule has 34 heavy (non-hydrogen) atoms. The first-order chi connectivity index (χ1) is 16.4. The molecule has 0 atom stereocenters. The van der Waals surface area contributed by atoms with Crippen molar-refractivity contribution in [3.8, 4) is 17.1 Å². The van der Waals surface area contributed by atoms with E-state index in [2.05, 4.69) is 26.0 Å². The first-order valence-corrected chi connectivity index (χ1v) is 12.1. The lowest BCUT2D eigenvalue weighted by Gasteiger charge is -2.16. The Balaban J connectivity index is 1.89. The summed E-state index contributed by atoms with van der Waals surface area (Å²) < 4.78 is 7.49. The van der Waals surface area contributed by atoms with E-state index in [1.54, 1.807) is 50.3 Å². The van der Waals surface area contributed by atoms with Crippen molar-refractivity contribution in [2.24, 2.45) is 18.0 Å². The SMILES string of the molecule is CNC(=O)c1cn(CSC)c(NC(=O)C2CC2)cc1=Nc1cccc(-c2nnn(C)n2)c1OC. The number of amides is 2. The predicted octanol–water partition coefficient (Wildman–Crippen LogP) is 1.95. The van der Waals surface area contributed by atoms with Gasteiger partial charge >= 0.3 is 0 Å². The number of aryl methyl sites for hydroxylation is 1. The van der Waals surface area contributed by atoms with E-state index >= 15 is 0 Å². The van der Waals surface area contributed by atoms with Crippen LogP contribution in [-0.4, -0.2) is 57.0 Å². The van der Waals surface area contributed by atoms with Crippen LogP contribution in [0.3, 0.4) is 0 Å². The van der Waals surface area contributed by atoms with Crippen molar-refractivity contribution in [1.82, 2.24) is 30.1 Å². The van der Waals surface area contributed by atoms with Gasteiger partial charge in [0.2, 0.25) is 11.7 Å². The van der Waals surface area contributed by atoms with Gasteiger partial charge in [-0.25, -0.2) is 4.99 Å². The van der Waals surface area contributed by atoms with Gasteiger partial charge in [-0.05, 0) is 36.4 Å². The molecule has 12 heteroatoms. The number of anilines is 1. The van der Waals surface area contributed by atoms with Gasteiger partial charge in [0, 0.05) is 25.2 Å². The third-order valence-corrected chi connectivity index (χ3v) is 5.81. The number of hydrogen-bond donors (Lipinski definition) is 2. The summed E-state index contributed by atoms with van der Waals surface area (Å²) in [5.41, 5.74) is 1.47. The Hall–Kier alpha value is -3.67. The Morgan fingerprint density at radius 2 is 2.12 bits per heavy atom. The van der Waals surface area contributed by atoms with E-state index in [-0.39, 0.29) is 17.7 Å². The van der Waals surface area contributed by atoms with Crippen LogP contribution in [0.1, 0.15) is 23.2 Å². The molecule has 1 fully saturated rings. The van der Waals surface area contributed by atoms with Gasteiger partial charge in [0.1, 0.15) is 11.5 Å². The fourth-order valence-corrected chi connectivity index (χ4v) is 3.93. The minimum Gasteiger partial charge on any atom is -0.494 e. The molecule has 4 rings (SSSR count). The maximum Gasteiger partial charge on any atom is 0.254 e. The van der Waals surface area contributed by atoms with Crippen molar-refractivity contribution in [2.75, 3.05) is 25.7 Å². The van der Waals surface area contributed by atoms with Crippen LogP contribution in [0.15, 0.2) is 35.5 Å². The van der Waals surface area contributed by atoms with Crippen LogP contribution in [0.2, 0.25) is 0 Å². The van der Waals surface area contributed by atoms with E-state index in [0.717, 1.165) is 12.8 Å². The summed E-state index contributed by atoms with van der Waals surface area (Å²) >= 11 is 1.57. The Kier molecular flexibility index (Phi) is 6.96. The molecule has 2 aromatic heterocycles. The van der Waals surface area contributed by atoms with E-state index in [0.29, 0.717) is 45.4 Å². The molecule has 2 N–H and O–H groups in total. The zero-order valence-electron chi connectivity index (χ0n) is 19.4. The molecule has 0 bridgehead atoms. The highest BCUT2D eigenvalue weighted by molar-refractivity contribution is 7.97. The van der Waals surface area contributed by atoms with E-state index in [9.17, 15) is 9.59 Å². The highest BCUT2D eigenvalue weighted by Gasteiger charge is 2.30. The Morgan fingerprint density at radius 3 is 2.74 bits per heavy atom. The lowest BCUT2D eigenvalue weighted by molar-refractivity contribution is -0.117. The molecule has 2 heterocycles. The van der Waals surface area contributed by atoms with E-state index in [1.807, 2.05) is 16.9 Å². The number of carbonyl (C=O) groups is 2. The number of benzene rings is 1. The van der Waals surface area contributed by atoms with E-state index < -0.39 is 0 Å². The molecule has 1 aromatic carbocycles.